The lowest BCUT2D eigenvalue weighted by Crippen LogP contribution is -2.22. The summed E-state index contributed by atoms with van der Waals surface area (Å²) < 4.78 is 6.95. The third-order valence-corrected chi connectivity index (χ3v) is 5.47. The minimum atomic E-state index is -0.220. The van der Waals surface area contributed by atoms with Crippen LogP contribution in [0.2, 0.25) is 0 Å². The average molecular weight is 419 g/mol. The zero-order valence-corrected chi connectivity index (χ0v) is 17.0. The Kier molecular flexibility index (Phi) is 4.40. The van der Waals surface area contributed by atoms with Crippen molar-refractivity contribution in [2.75, 3.05) is 0 Å². The van der Waals surface area contributed by atoms with Crippen molar-refractivity contribution in [3.05, 3.63) is 58.4 Å². The van der Waals surface area contributed by atoms with Crippen molar-refractivity contribution in [2.24, 2.45) is 7.05 Å². The maximum absolute atomic E-state index is 12.5. The molecule has 0 spiro atoms. The number of nitrogens with zero attached hydrogens (tertiary/aromatic N) is 5. The van der Waals surface area contributed by atoms with Gasteiger partial charge in [0.2, 0.25) is 0 Å². The number of fused-ring (bicyclic) bond motifs is 1. The molecule has 5 rings (SSSR count). The second-order valence-corrected chi connectivity index (χ2v) is 7.79. The number of aromatic amines is 1. The quantitative estimate of drug-likeness (QED) is 0.452. The van der Waals surface area contributed by atoms with E-state index in [1.54, 1.807) is 29.4 Å². The predicted molar refractivity (Wildman–Crippen MR) is 112 cm³/mol. The van der Waals surface area contributed by atoms with Crippen LogP contribution >= 0.6 is 11.3 Å². The van der Waals surface area contributed by atoms with Crippen molar-refractivity contribution in [3.8, 4) is 22.8 Å². The van der Waals surface area contributed by atoms with Gasteiger partial charge in [0.1, 0.15) is 5.69 Å². The summed E-state index contributed by atoms with van der Waals surface area (Å²) in [6.07, 6.45) is 1.74. The first kappa shape index (κ1) is 18.3. The fourth-order valence-electron chi connectivity index (χ4n) is 3.25. The minimum Gasteiger partial charge on any atom is -0.351 e. The number of carbonyl (C=O) groups excluding carboxylic acids is 1. The number of hydrogen-bond acceptors (Lipinski definition) is 7. The summed E-state index contributed by atoms with van der Waals surface area (Å²) in [5.41, 5.74) is 5.61. The predicted octanol–water partition coefficient (Wildman–Crippen LogP) is 3.31. The van der Waals surface area contributed by atoms with E-state index in [1.807, 2.05) is 31.3 Å². The Morgan fingerprint density at radius 2 is 2.20 bits per heavy atom. The van der Waals surface area contributed by atoms with Crippen molar-refractivity contribution in [3.63, 3.8) is 0 Å². The summed E-state index contributed by atoms with van der Waals surface area (Å²) in [7, 11) is 1.82. The molecule has 0 aliphatic rings. The summed E-state index contributed by atoms with van der Waals surface area (Å²) in [5, 5.41) is 12.1. The van der Waals surface area contributed by atoms with E-state index in [1.165, 1.54) is 11.3 Å². The van der Waals surface area contributed by atoms with Crippen molar-refractivity contribution in [2.45, 2.75) is 13.5 Å². The Morgan fingerprint density at radius 3 is 2.97 bits per heavy atom. The van der Waals surface area contributed by atoms with E-state index >= 15 is 0 Å². The zero-order chi connectivity index (χ0) is 20.7. The molecule has 0 unspecified atom stereocenters. The van der Waals surface area contributed by atoms with Crippen LogP contribution in [-0.4, -0.2) is 35.8 Å². The summed E-state index contributed by atoms with van der Waals surface area (Å²) in [5.74, 6) is 0.813. The lowest BCUT2D eigenvalue weighted by molar-refractivity contribution is 0.0945. The molecule has 0 aliphatic carbocycles. The summed E-state index contributed by atoms with van der Waals surface area (Å²) in [6.45, 7) is 2.21. The highest BCUT2D eigenvalue weighted by Gasteiger charge is 2.15. The van der Waals surface area contributed by atoms with E-state index in [-0.39, 0.29) is 5.91 Å². The van der Waals surface area contributed by atoms with Gasteiger partial charge in [-0.2, -0.15) is 10.1 Å². The highest BCUT2D eigenvalue weighted by molar-refractivity contribution is 7.09. The van der Waals surface area contributed by atoms with E-state index < -0.39 is 0 Å². The number of rotatable bonds is 5. The van der Waals surface area contributed by atoms with Gasteiger partial charge < -0.3 is 14.8 Å². The molecule has 1 amide bonds. The maximum atomic E-state index is 12.5. The van der Waals surface area contributed by atoms with Gasteiger partial charge in [0, 0.05) is 34.6 Å². The molecular formula is C20H17N7O2S. The van der Waals surface area contributed by atoms with E-state index in [0.717, 1.165) is 32.7 Å². The largest absolute Gasteiger partial charge is 0.351 e. The van der Waals surface area contributed by atoms with Crippen molar-refractivity contribution >= 4 is 28.1 Å². The van der Waals surface area contributed by atoms with Gasteiger partial charge in [-0.05, 0) is 31.2 Å². The van der Waals surface area contributed by atoms with E-state index in [0.29, 0.717) is 24.0 Å². The zero-order valence-electron chi connectivity index (χ0n) is 16.2. The lowest BCUT2D eigenvalue weighted by atomic mass is 10.1. The molecule has 0 radical (unpaired) electrons. The van der Waals surface area contributed by atoms with Crippen molar-refractivity contribution in [1.82, 2.24) is 35.2 Å². The first-order valence-electron chi connectivity index (χ1n) is 9.20. The first-order valence-corrected chi connectivity index (χ1v) is 10.1. The number of H-pyrrole nitrogens is 1. The Bertz CT molecular complexity index is 1350. The number of thiazole rings is 1. The van der Waals surface area contributed by atoms with Gasteiger partial charge in [-0.3, -0.25) is 14.5 Å². The highest BCUT2D eigenvalue weighted by atomic mass is 32.1. The average Bonchev–Trinajstić information content (AvgIpc) is 3.51. The summed E-state index contributed by atoms with van der Waals surface area (Å²) >= 11 is 1.50. The van der Waals surface area contributed by atoms with Crippen molar-refractivity contribution in [1.29, 1.82) is 0 Å². The molecule has 4 aromatic heterocycles. The SMILES string of the molecule is Cc1noc(-c2cc3cc(-c4cc(C(=O)NCc5cncs5)nn4C)ccc3[nH]2)n1. The molecule has 9 nitrogen and oxygen atoms in total. The number of aromatic nitrogens is 6. The number of aryl methyl sites for hydroxylation is 2. The molecule has 1 aromatic carbocycles. The smallest absolute Gasteiger partial charge is 0.274 e. The normalized spacial score (nSPS) is 11.3. The molecule has 0 saturated carbocycles. The summed E-state index contributed by atoms with van der Waals surface area (Å²) in [6, 6.07) is 9.75. The Balaban J connectivity index is 1.41. The van der Waals surface area contributed by atoms with E-state index in [9.17, 15) is 4.79 Å². The van der Waals surface area contributed by atoms with Gasteiger partial charge in [-0.1, -0.05) is 11.2 Å². The molecule has 0 fully saturated rings. The lowest BCUT2D eigenvalue weighted by Gasteiger charge is -2.01. The van der Waals surface area contributed by atoms with Crippen LogP contribution < -0.4 is 5.32 Å². The van der Waals surface area contributed by atoms with Gasteiger partial charge in [0.25, 0.3) is 11.8 Å². The molecule has 0 bridgehead atoms. The van der Waals surface area contributed by atoms with Crippen LogP contribution in [0.1, 0.15) is 21.2 Å². The number of hydrogen-bond donors (Lipinski definition) is 2. The monoisotopic (exact) mass is 419 g/mol. The third kappa shape index (κ3) is 3.37. The fourth-order valence-corrected chi connectivity index (χ4v) is 3.78. The maximum Gasteiger partial charge on any atom is 0.274 e. The topological polar surface area (TPSA) is 115 Å². The van der Waals surface area contributed by atoms with Crippen LogP contribution in [0, 0.1) is 6.92 Å². The molecule has 30 heavy (non-hydrogen) atoms. The Labute approximate surface area is 174 Å². The van der Waals surface area contributed by atoms with Crippen LogP contribution in [0.25, 0.3) is 33.7 Å². The Morgan fingerprint density at radius 1 is 1.30 bits per heavy atom. The van der Waals surface area contributed by atoms with Crippen LogP contribution in [0.3, 0.4) is 0 Å². The molecule has 4 heterocycles. The molecule has 10 heteroatoms. The third-order valence-electron chi connectivity index (χ3n) is 4.69. The first-order chi connectivity index (χ1) is 14.6. The second-order valence-electron chi connectivity index (χ2n) is 6.82. The molecule has 0 atom stereocenters. The van der Waals surface area contributed by atoms with Gasteiger partial charge >= 0.3 is 0 Å². The van der Waals surface area contributed by atoms with Crippen LogP contribution in [-0.2, 0) is 13.6 Å². The highest BCUT2D eigenvalue weighted by Crippen LogP contribution is 2.28. The Hall–Kier alpha value is -3.79. The fraction of sp³-hybridized carbons (Fsp3) is 0.150. The molecule has 0 saturated heterocycles. The van der Waals surface area contributed by atoms with Crippen molar-refractivity contribution < 1.29 is 9.32 Å². The standard InChI is InChI=1S/C20H17N7O2S/c1-11-23-20(29-26-11)17-6-13-5-12(3-4-15(13)24-17)18-7-16(25-27(18)2)19(28)22-9-14-8-21-10-30-14/h3-8,10,24H,9H2,1-2H3,(H,22,28). The molecule has 2 N–H and O–H groups in total. The second kappa shape index (κ2) is 7.23. The minimum absolute atomic E-state index is 0.220. The molecule has 150 valence electrons. The van der Waals surface area contributed by atoms with E-state index in [4.69, 9.17) is 4.52 Å². The molecule has 0 aliphatic heterocycles. The van der Waals surface area contributed by atoms with Crippen LogP contribution in [0.5, 0.6) is 0 Å². The number of amides is 1. The van der Waals surface area contributed by atoms with Gasteiger partial charge in [0.15, 0.2) is 11.5 Å². The molecular weight excluding hydrogens is 402 g/mol. The van der Waals surface area contributed by atoms with Crippen LogP contribution in [0.15, 0.2) is 46.6 Å². The van der Waals surface area contributed by atoms with Crippen LogP contribution in [0.4, 0.5) is 0 Å². The number of nitrogens with one attached hydrogen (secondary N) is 2. The van der Waals surface area contributed by atoms with Gasteiger partial charge in [0.05, 0.1) is 17.7 Å². The number of carbonyl (C=O) groups is 1. The van der Waals surface area contributed by atoms with Gasteiger partial charge in [-0.15, -0.1) is 11.3 Å². The number of benzene rings is 1. The summed E-state index contributed by atoms with van der Waals surface area (Å²) in [4.78, 5) is 25.0. The molecule has 5 aromatic rings. The van der Waals surface area contributed by atoms with E-state index in [2.05, 4.69) is 30.5 Å². The van der Waals surface area contributed by atoms with Gasteiger partial charge in [-0.25, -0.2) is 0 Å².